The first-order valence-corrected chi connectivity index (χ1v) is 6.62. The van der Waals surface area contributed by atoms with Crippen LogP contribution in [0.25, 0.3) is 11.3 Å². The van der Waals surface area contributed by atoms with E-state index in [1.807, 2.05) is 6.07 Å². The molecule has 1 aliphatic heterocycles. The zero-order valence-corrected chi connectivity index (χ0v) is 10.6. The molecule has 19 heavy (non-hydrogen) atoms. The van der Waals surface area contributed by atoms with Crippen molar-refractivity contribution in [3.63, 3.8) is 0 Å². The molecule has 1 fully saturated rings. The number of benzene rings is 1. The zero-order valence-electron chi connectivity index (χ0n) is 10.6. The highest BCUT2D eigenvalue weighted by Gasteiger charge is 2.21. The standard InChI is InChI=1S/C15H16FN3/c16-13-5-1-3-11(9-13)14-15(19-8-7-18-14)12-4-2-6-17-10-12/h1,3,5,7-9,12,17H,2,4,6,10H2/t12-/m1/s1. The average Bonchev–Trinajstić information content (AvgIpc) is 2.48. The number of nitrogens with one attached hydrogen (secondary N) is 1. The van der Waals surface area contributed by atoms with Crippen molar-refractivity contribution >= 4 is 0 Å². The van der Waals surface area contributed by atoms with E-state index < -0.39 is 0 Å². The minimum absolute atomic E-state index is 0.240. The molecule has 3 rings (SSSR count). The van der Waals surface area contributed by atoms with Crippen LogP contribution in [-0.2, 0) is 0 Å². The van der Waals surface area contributed by atoms with Gasteiger partial charge in [-0.1, -0.05) is 12.1 Å². The van der Waals surface area contributed by atoms with Gasteiger partial charge in [0, 0.05) is 30.4 Å². The van der Waals surface area contributed by atoms with Crippen LogP contribution >= 0.6 is 0 Å². The topological polar surface area (TPSA) is 37.8 Å². The van der Waals surface area contributed by atoms with E-state index in [-0.39, 0.29) is 5.82 Å². The highest BCUT2D eigenvalue weighted by atomic mass is 19.1. The van der Waals surface area contributed by atoms with Crippen LogP contribution in [0.2, 0.25) is 0 Å². The van der Waals surface area contributed by atoms with Gasteiger partial charge in [-0.05, 0) is 31.5 Å². The highest BCUT2D eigenvalue weighted by Crippen LogP contribution is 2.29. The van der Waals surface area contributed by atoms with Crippen molar-refractivity contribution in [2.24, 2.45) is 0 Å². The van der Waals surface area contributed by atoms with Gasteiger partial charge in [-0.15, -0.1) is 0 Å². The third-order valence-corrected chi connectivity index (χ3v) is 3.51. The molecule has 0 amide bonds. The lowest BCUT2D eigenvalue weighted by Gasteiger charge is -2.23. The number of hydrogen-bond acceptors (Lipinski definition) is 3. The van der Waals surface area contributed by atoms with Gasteiger partial charge in [-0.25, -0.2) is 4.39 Å². The average molecular weight is 257 g/mol. The Bertz CT molecular complexity index is 565. The predicted molar refractivity (Wildman–Crippen MR) is 72.3 cm³/mol. The molecule has 1 aliphatic rings. The van der Waals surface area contributed by atoms with Gasteiger partial charge in [0.2, 0.25) is 0 Å². The van der Waals surface area contributed by atoms with Crippen molar-refractivity contribution in [1.82, 2.24) is 15.3 Å². The Morgan fingerprint density at radius 2 is 2.11 bits per heavy atom. The molecule has 2 aromatic rings. The monoisotopic (exact) mass is 257 g/mol. The van der Waals surface area contributed by atoms with Crippen LogP contribution in [0.1, 0.15) is 24.5 Å². The van der Waals surface area contributed by atoms with E-state index in [4.69, 9.17) is 0 Å². The maximum atomic E-state index is 13.4. The maximum absolute atomic E-state index is 13.4. The summed E-state index contributed by atoms with van der Waals surface area (Å²) in [5, 5.41) is 3.38. The summed E-state index contributed by atoms with van der Waals surface area (Å²) in [6.07, 6.45) is 5.63. The molecule has 4 heteroatoms. The van der Waals surface area contributed by atoms with Gasteiger partial charge in [0.25, 0.3) is 0 Å². The lowest BCUT2D eigenvalue weighted by Crippen LogP contribution is -2.29. The van der Waals surface area contributed by atoms with Crippen molar-refractivity contribution in [2.45, 2.75) is 18.8 Å². The molecule has 1 aromatic carbocycles. The normalized spacial score (nSPS) is 19.3. The first-order valence-electron chi connectivity index (χ1n) is 6.62. The lowest BCUT2D eigenvalue weighted by atomic mass is 9.92. The first-order chi connectivity index (χ1) is 9.34. The fourth-order valence-electron chi connectivity index (χ4n) is 2.59. The number of hydrogen-bond donors (Lipinski definition) is 1. The predicted octanol–water partition coefficient (Wildman–Crippen LogP) is 2.75. The van der Waals surface area contributed by atoms with Gasteiger partial charge in [-0.2, -0.15) is 0 Å². The van der Waals surface area contributed by atoms with E-state index >= 15 is 0 Å². The van der Waals surface area contributed by atoms with Crippen LogP contribution in [0.4, 0.5) is 4.39 Å². The minimum atomic E-state index is -0.240. The van der Waals surface area contributed by atoms with Gasteiger partial charge in [0.1, 0.15) is 5.82 Å². The largest absolute Gasteiger partial charge is 0.316 e. The van der Waals surface area contributed by atoms with E-state index in [1.165, 1.54) is 12.1 Å². The molecule has 0 bridgehead atoms. The molecule has 1 N–H and O–H groups in total. The summed E-state index contributed by atoms with van der Waals surface area (Å²) in [7, 11) is 0. The molecule has 1 atom stereocenters. The Labute approximate surface area is 111 Å². The minimum Gasteiger partial charge on any atom is -0.316 e. The molecule has 1 saturated heterocycles. The Kier molecular flexibility index (Phi) is 3.51. The van der Waals surface area contributed by atoms with Crippen LogP contribution in [-0.4, -0.2) is 23.1 Å². The quantitative estimate of drug-likeness (QED) is 0.899. The summed E-state index contributed by atoms with van der Waals surface area (Å²) in [4.78, 5) is 8.89. The fourth-order valence-corrected chi connectivity index (χ4v) is 2.59. The molecule has 0 aliphatic carbocycles. The Balaban J connectivity index is 2.01. The second-order valence-corrected chi connectivity index (χ2v) is 4.84. The van der Waals surface area contributed by atoms with Crippen molar-refractivity contribution in [1.29, 1.82) is 0 Å². The second-order valence-electron chi connectivity index (χ2n) is 4.84. The maximum Gasteiger partial charge on any atom is 0.123 e. The van der Waals surface area contributed by atoms with Crippen molar-refractivity contribution in [3.05, 3.63) is 48.2 Å². The van der Waals surface area contributed by atoms with E-state index in [9.17, 15) is 4.39 Å². The van der Waals surface area contributed by atoms with Gasteiger partial charge in [-0.3, -0.25) is 9.97 Å². The number of rotatable bonds is 2. The Morgan fingerprint density at radius 1 is 1.21 bits per heavy atom. The summed E-state index contributed by atoms with van der Waals surface area (Å²) in [5.41, 5.74) is 2.57. The zero-order chi connectivity index (χ0) is 13.1. The van der Waals surface area contributed by atoms with Crippen molar-refractivity contribution in [2.75, 3.05) is 13.1 Å². The summed E-state index contributed by atoms with van der Waals surface area (Å²) < 4.78 is 13.4. The molecular formula is C15H16FN3. The molecule has 0 unspecified atom stereocenters. The fraction of sp³-hybridized carbons (Fsp3) is 0.333. The summed E-state index contributed by atoms with van der Waals surface area (Å²) in [6.45, 7) is 1.98. The van der Waals surface area contributed by atoms with Crippen LogP contribution in [0.5, 0.6) is 0 Å². The molecule has 3 nitrogen and oxygen atoms in total. The number of nitrogens with zero attached hydrogens (tertiary/aromatic N) is 2. The van der Waals surface area contributed by atoms with Gasteiger partial charge in [0.05, 0.1) is 11.4 Å². The highest BCUT2D eigenvalue weighted by molar-refractivity contribution is 5.62. The van der Waals surface area contributed by atoms with Crippen LogP contribution in [0.15, 0.2) is 36.7 Å². The molecule has 0 spiro atoms. The molecule has 1 aromatic heterocycles. The van der Waals surface area contributed by atoms with E-state index in [0.29, 0.717) is 5.92 Å². The van der Waals surface area contributed by atoms with Crippen molar-refractivity contribution < 1.29 is 4.39 Å². The van der Waals surface area contributed by atoms with Crippen molar-refractivity contribution in [3.8, 4) is 11.3 Å². The summed E-state index contributed by atoms with van der Waals surface area (Å²) >= 11 is 0. The third-order valence-electron chi connectivity index (χ3n) is 3.51. The van der Waals surface area contributed by atoms with Gasteiger partial charge < -0.3 is 5.32 Å². The summed E-state index contributed by atoms with van der Waals surface area (Å²) in [6, 6.07) is 6.56. The molecular weight excluding hydrogens is 241 g/mol. The molecule has 2 heterocycles. The smallest absolute Gasteiger partial charge is 0.123 e. The lowest BCUT2D eigenvalue weighted by molar-refractivity contribution is 0.454. The third kappa shape index (κ3) is 2.63. The van der Waals surface area contributed by atoms with Gasteiger partial charge >= 0.3 is 0 Å². The number of halogens is 1. The van der Waals surface area contributed by atoms with Gasteiger partial charge in [0.15, 0.2) is 0 Å². The first kappa shape index (κ1) is 12.2. The van der Waals surface area contributed by atoms with E-state index in [2.05, 4.69) is 15.3 Å². The molecule has 98 valence electrons. The number of aromatic nitrogens is 2. The SMILES string of the molecule is Fc1cccc(-c2nccnc2[C@@H]2CCCNC2)c1. The Hall–Kier alpha value is -1.81. The van der Waals surface area contributed by atoms with E-state index in [1.54, 1.807) is 18.5 Å². The molecule has 0 radical (unpaired) electrons. The van der Waals surface area contributed by atoms with E-state index in [0.717, 1.165) is 42.9 Å². The molecule has 0 saturated carbocycles. The number of piperidine rings is 1. The Morgan fingerprint density at radius 3 is 2.89 bits per heavy atom. The summed E-state index contributed by atoms with van der Waals surface area (Å²) in [5.74, 6) is 0.122. The second kappa shape index (κ2) is 5.45. The van der Waals surface area contributed by atoms with Crippen LogP contribution < -0.4 is 5.32 Å². The van der Waals surface area contributed by atoms with Crippen LogP contribution in [0, 0.1) is 5.82 Å². The van der Waals surface area contributed by atoms with Crippen LogP contribution in [0.3, 0.4) is 0 Å².